The molecule has 3 saturated heterocycles. The number of aliphatic hydroxyl groups excluding tert-OH is 2. The Kier molecular flexibility index (Phi) is 8.29. The van der Waals surface area contributed by atoms with Crippen molar-refractivity contribution in [3.05, 3.63) is 35.3 Å². The molecule has 3 aliphatic heterocycles. The zero-order valence-corrected chi connectivity index (χ0v) is 24.3. The van der Waals surface area contributed by atoms with Crippen molar-refractivity contribution >= 4 is 49.6 Å². The van der Waals surface area contributed by atoms with E-state index in [1.807, 2.05) is 0 Å². The van der Waals surface area contributed by atoms with Crippen LogP contribution in [0.3, 0.4) is 0 Å². The zero-order chi connectivity index (χ0) is 31.8. The number of nitrogen functional groups attached to an aromatic ring is 2. The maximum Gasteiger partial charge on any atom is 0.472 e. The second-order valence-corrected chi connectivity index (χ2v) is 13.1. The summed E-state index contributed by atoms with van der Waals surface area (Å²) < 4.78 is 61.3. The largest absolute Gasteiger partial charge is 0.472 e. The van der Waals surface area contributed by atoms with Crippen LogP contribution in [0, 0.1) is 0 Å². The number of phosphoric ester groups is 2. The molecule has 3 aliphatic rings. The number of phosphoric acid groups is 2. The molecular formula is C22H29N9O13P2. The van der Waals surface area contributed by atoms with Gasteiger partial charge in [-0.05, 0) is 6.07 Å². The van der Waals surface area contributed by atoms with Crippen LogP contribution < -0.4 is 17.0 Å². The average molecular weight is 689 g/mol. The predicted molar refractivity (Wildman–Crippen MR) is 152 cm³/mol. The van der Waals surface area contributed by atoms with Crippen molar-refractivity contribution < 1.29 is 56.7 Å². The SMILES string of the molecule is C.Nc1nc2c(ncn2[C@@H]2O[C@@H]3COP(=O)(O)O[C@@H]4C(O)[C@H](n5ccc6c(N)ncnc65)O[C@@H]4COP(=O)(O)OC2[C@H]3O)c(=O)[nH]1. The number of nitrogens with zero attached hydrogens (tertiary/aromatic N) is 6. The van der Waals surface area contributed by atoms with Crippen molar-refractivity contribution in [3.8, 4) is 0 Å². The minimum atomic E-state index is -5.10. The van der Waals surface area contributed by atoms with Gasteiger partial charge in [-0.25, -0.2) is 24.1 Å². The number of rotatable bonds is 2. The first-order chi connectivity index (χ1) is 21.3. The Bertz CT molecular complexity index is 1940. The first-order valence-electron chi connectivity index (χ1n) is 13.1. The highest BCUT2D eigenvalue weighted by atomic mass is 31.2. The number of ether oxygens (including phenoxy) is 2. The van der Waals surface area contributed by atoms with Crippen LogP contribution in [0.2, 0.25) is 0 Å². The lowest BCUT2D eigenvalue weighted by atomic mass is 10.1. The van der Waals surface area contributed by atoms with Crippen LogP contribution in [0.4, 0.5) is 11.8 Å². The smallest absolute Gasteiger partial charge is 0.387 e. The Morgan fingerprint density at radius 1 is 0.891 bits per heavy atom. The number of fused-ring (bicyclic) bond motifs is 5. The molecule has 7 heterocycles. The highest BCUT2D eigenvalue weighted by Crippen LogP contribution is 2.53. The van der Waals surface area contributed by atoms with Crippen LogP contribution in [0.15, 0.2) is 29.7 Å². The van der Waals surface area contributed by atoms with Crippen molar-refractivity contribution in [2.45, 2.75) is 56.5 Å². The third-order valence-corrected chi connectivity index (χ3v) is 9.45. The van der Waals surface area contributed by atoms with E-state index in [2.05, 4.69) is 24.9 Å². The van der Waals surface area contributed by atoms with E-state index in [1.165, 1.54) is 17.1 Å². The minimum Gasteiger partial charge on any atom is -0.387 e. The molecule has 2 bridgehead atoms. The van der Waals surface area contributed by atoms with Gasteiger partial charge in [-0.2, -0.15) is 4.98 Å². The molecule has 22 nitrogen and oxygen atoms in total. The number of aromatic nitrogens is 7. The van der Waals surface area contributed by atoms with E-state index in [1.54, 1.807) is 6.07 Å². The third-order valence-electron chi connectivity index (χ3n) is 7.47. The molecule has 0 amide bonds. The van der Waals surface area contributed by atoms with Crippen LogP contribution in [0.5, 0.6) is 0 Å². The number of H-pyrrole nitrogens is 1. The molecular weight excluding hydrogens is 660 g/mol. The molecule has 4 aromatic heterocycles. The molecule has 0 saturated carbocycles. The number of anilines is 2. The monoisotopic (exact) mass is 689 g/mol. The Labute approximate surface area is 257 Å². The van der Waals surface area contributed by atoms with E-state index >= 15 is 0 Å². The van der Waals surface area contributed by atoms with Gasteiger partial charge in [0.2, 0.25) is 5.95 Å². The quantitative estimate of drug-likeness (QED) is 0.123. The van der Waals surface area contributed by atoms with E-state index in [9.17, 15) is 33.9 Å². The molecule has 0 spiro atoms. The van der Waals surface area contributed by atoms with Crippen LogP contribution in [0.25, 0.3) is 22.2 Å². The molecule has 250 valence electrons. The minimum absolute atomic E-state index is 0. The molecule has 0 aliphatic carbocycles. The van der Waals surface area contributed by atoms with E-state index in [4.69, 9.17) is 39.0 Å². The second-order valence-electron chi connectivity index (χ2n) is 10.3. The van der Waals surface area contributed by atoms with Crippen molar-refractivity contribution in [2.24, 2.45) is 0 Å². The highest BCUT2D eigenvalue weighted by molar-refractivity contribution is 7.47. The second kappa shape index (κ2) is 11.7. The van der Waals surface area contributed by atoms with Gasteiger partial charge in [0.05, 0.1) is 24.9 Å². The van der Waals surface area contributed by atoms with Gasteiger partial charge < -0.3 is 45.5 Å². The van der Waals surface area contributed by atoms with Gasteiger partial charge in [0.15, 0.2) is 23.6 Å². The summed E-state index contributed by atoms with van der Waals surface area (Å²) in [6.07, 6.45) is -8.73. The number of nitrogens with two attached hydrogens (primary N) is 2. The molecule has 0 radical (unpaired) electrons. The standard InChI is InChI=1S/C21H25N9O13P2.CH4/c22-15-7-1-2-29(16(7)25-5-24-15)19-12(32)13-9(41-19)4-39-45(36,37)43-14-11(31)8(3-38-44(34,35)42-13)40-20(14)30-6-26-10-17(30)27-21(23)28-18(10)33;/h1-2,5-6,8-9,11-14,19-20,31-32H,3-4H2,(H,34,35)(H,36,37)(H2,22,24,25)(H3,23,27,28,33);1H4/t8-,9-,11+,12?,13+,14?,19-,20-;/m1./s1. The van der Waals surface area contributed by atoms with Gasteiger partial charge in [-0.3, -0.25) is 32.4 Å². The molecule has 7 rings (SSSR count). The molecule has 24 heteroatoms. The van der Waals surface area contributed by atoms with E-state index in [0.717, 1.165) is 10.9 Å². The van der Waals surface area contributed by atoms with Crippen LogP contribution in [-0.4, -0.2) is 104 Å². The van der Waals surface area contributed by atoms with Gasteiger partial charge >= 0.3 is 15.6 Å². The van der Waals surface area contributed by atoms with Gasteiger partial charge in [0.1, 0.15) is 54.4 Å². The highest BCUT2D eigenvalue weighted by Gasteiger charge is 2.53. The van der Waals surface area contributed by atoms with E-state index in [0.29, 0.717) is 5.39 Å². The van der Waals surface area contributed by atoms with Crippen molar-refractivity contribution in [3.63, 3.8) is 0 Å². The number of imidazole rings is 1. The van der Waals surface area contributed by atoms with Crippen LogP contribution in [-0.2, 0) is 36.7 Å². The summed E-state index contributed by atoms with van der Waals surface area (Å²) in [6, 6.07) is 1.56. The number of aliphatic hydroxyl groups is 2. The molecule has 9 N–H and O–H groups in total. The fourth-order valence-corrected chi connectivity index (χ4v) is 7.33. The fraction of sp³-hybridized carbons (Fsp3) is 0.500. The first kappa shape index (κ1) is 32.6. The van der Waals surface area contributed by atoms with Gasteiger partial charge in [-0.15, -0.1) is 0 Å². The molecule has 0 aromatic carbocycles. The molecule has 4 unspecified atom stereocenters. The lowest BCUT2D eigenvalue weighted by Crippen LogP contribution is -2.36. The molecule has 10 atom stereocenters. The summed E-state index contributed by atoms with van der Waals surface area (Å²) >= 11 is 0. The van der Waals surface area contributed by atoms with E-state index in [-0.39, 0.29) is 36.0 Å². The summed E-state index contributed by atoms with van der Waals surface area (Å²) in [4.78, 5) is 51.8. The summed E-state index contributed by atoms with van der Waals surface area (Å²) in [5.41, 5.74) is 10.8. The van der Waals surface area contributed by atoms with Crippen molar-refractivity contribution in [1.82, 2.24) is 34.1 Å². The zero-order valence-electron chi connectivity index (χ0n) is 22.5. The summed E-state index contributed by atoms with van der Waals surface area (Å²) in [5.74, 6) is -0.135. The maximum absolute atomic E-state index is 13.2. The van der Waals surface area contributed by atoms with Gasteiger partial charge in [0.25, 0.3) is 5.56 Å². The van der Waals surface area contributed by atoms with Crippen molar-refractivity contribution in [2.75, 3.05) is 24.7 Å². The Morgan fingerprint density at radius 2 is 1.57 bits per heavy atom. The molecule has 46 heavy (non-hydrogen) atoms. The lowest BCUT2D eigenvalue weighted by molar-refractivity contribution is -0.0671. The number of hydrogen-bond acceptors (Lipinski definition) is 17. The van der Waals surface area contributed by atoms with Crippen molar-refractivity contribution in [1.29, 1.82) is 0 Å². The normalized spacial score (nSPS) is 36.9. The Balaban J connectivity index is 0.00000372. The van der Waals surface area contributed by atoms with Crippen LogP contribution in [0.1, 0.15) is 19.9 Å². The molecule has 4 aromatic rings. The lowest BCUT2D eigenvalue weighted by Gasteiger charge is -2.25. The van der Waals surface area contributed by atoms with Gasteiger partial charge in [0, 0.05) is 6.20 Å². The van der Waals surface area contributed by atoms with Crippen LogP contribution >= 0.6 is 15.6 Å². The topological polar surface area (TPSA) is 317 Å². The predicted octanol–water partition coefficient (Wildman–Crippen LogP) is -1.10. The summed E-state index contributed by atoms with van der Waals surface area (Å²) in [7, 11) is -10.2. The molecule has 3 fully saturated rings. The van der Waals surface area contributed by atoms with E-state index < -0.39 is 83.5 Å². The number of aromatic amines is 1. The average Bonchev–Trinajstić information content (AvgIpc) is 3.72. The number of hydrogen-bond donors (Lipinski definition) is 7. The number of nitrogens with one attached hydrogen (secondary N) is 1. The Hall–Kier alpha value is -3.37. The summed E-state index contributed by atoms with van der Waals surface area (Å²) in [6.45, 7) is -1.62. The Morgan fingerprint density at radius 3 is 2.30 bits per heavy atom. The fourth-order valence-electron chi connectivity index (χ4n) is 5.44. The third kappa shape index (κ3) is 5.61. The first-order valence-corrected chi connectivity index (χ1v) is 16.1. The summed E-state index contributed by atoms with van der Waals surface area (Å²) in [5, 5.41) is 22.6. The maximum atomic E-state index is 13.2. The van der Waals surface area contributed by atoms with Gasteiger partial charge in [-0.1, -0.05) is 7.43 Å².